The number of piperazine rings is 1. The van der Waals surface area contributed by atoms with Gasteiger partial charge in [-0.05, 0) is 44.0 Å². The van der Waals surface area contributed by atoms with Gasteiger partial charge in [0.2, 0.25) is 12.5 Å². The fourth-order valence-electron chi connectivity index (χ4n) is 4.49. The van der Waals surface area contributed by atoms with Gasteiger partial charge in [-0.25, -0.2) is 4.79 Å². The van der Waals surface area contributed by atoms with E-state index in [4.69, 9.17) is 18.9 Å². The van der Waals surface area contributed by atoms with Gasteiger partial charge in [-0.2, -0.15) is 0 Å². The largest absolute Gasteiger partial charge is 0.493 e. The zero-order valence-corrected chi connectivity index (χ0v) is 17.4. The number of nitrogens with zero attached hydrogens (tertiary/aromatic N) is 3. The fourth-order valence-corrected chi connectivity index (χ4v) is 4.49. The number of ether oxygens (including phenoxy) is 4. The van der Waals surface area contributed by atoms with E-state index in [2.05, 4.69) is 21.9 Å². The highest BCUT2D eigenvalue weighted by molar-refractivity contribution is 5.67. The number of hydrogen-bond acceptors (Lipinski definition) is 7. The van der Waals surface area contributed by atoms with Crippen molar-refractivity contribution >= 4 is 6.09 Å². The van der Waals surface area contributed by atoms with Gasteiger partial charge >= 0.3 is 6.09 Å². The molecule has 8 heteroatoms. The molecule has 2 fully saturated rings. The third-order valence-corrected chi connectivity index (χ3v) is 5.96. The number of methoxy groups -OCH3 is 1. The molecule has 1 aromatic carbocycles. The van der Waals surface area contributed by atoms with Crippen LogP contribution in [0.15, 0.2) is 12.1 Å². The average molecular weight is 405 g/mol. The van der Waals surface area contributed by atoms with Crippen molar-refractivity contribution in [1.29, 1.82) is 0 Å². The molecule has 1 amide bonds. The molecule has 0 N–H and O–H groups in total. The van der Waals surface area contributed by atoms with Crippen LogP contribution in [0.25, 0.3) is 0 Å². The van der Waals surface area contributed by atoms with E-state index in [1.807, 2.05) is 11.8 Å². The van der Waals surface area contributed by atoms with Crippen molar-refractivity contribution < 1.29 is 23.7 Å². The van der Waals surface area contributed by atoms with Gasteiger partial charge in [0.25, 0.3) is 0 Å². The number of hydrogen-bond donors (Lipinski definition) is 0. The van der Waals surface area contributed by atoms with E-state index in [0.717, 1.165) is 57.3 Å². The second-order valence-electron chi connectivity index (χ2n) is 7.78. The fraction of sp³-hybridized carbons (Fsp3) is 0.667. The molecule has 2 saturated heterocycles. The number of amides is 1. The zero-order valence-electron chi connectivity index (χ0n) is 17.4. The minimum atomic E-state index is -0.186. The second-order valence-corrected chi connectivity index (χ2v) is 7.78. The number of fused-ring (bicyclic) bond motifs is 1. The minimum absolute atomic E-state index is 0.186. The maximum Gasteiger partial charge on any atom is 0.409 e. The molecule has 160 valence electrons. The van der Waals surface area contributed by atoms with Crippen molar-refractivity contribution in [1.82, 2.24) is 14.7 Å². The summed E-state index contributed by atoms with van der Waals surface area (Å²) in [7, 11) is 1.66. The summed E-state index contributed by atoms with van der Waals surface area (Å²) in [6.45, 7) is 8.84. The van der Waals surface area contributed by atoms with E-state index in [0.29, 0.717) is 18.4 Å². The van der Waals surface area contributed by atoms with E-state index >= 15 is 0 Å². The van der Waals surface area contributed by atoms with E-state index in [1.165, 1.54) is 18.4 Å². The van der Waals surface area contributed by atoms with Crippen LogP contribution in [0, 0.1) is 0 Å². The molecule has 1 atom stereocenters. The summed E-state index contributed by atoms with van der Waals surface area (Å²) < 4.78 is 21.7. The number of rotatable bonds is 5. The summed E-state index contributed by atoms with van der Waals surface area (Å²) in [5.41, 5.74) is 1.18. The van der Waals surface area contributed by atoms with Gasteiger partial charge in [-0.1, -0.05) is 0 Å². The summed E-state index contributed by atoms with van der Waals surface area (Å²) >= 11 is 0. The summed E-state index contributed by atoms with van der Waals surface area (Å²) in [4.78, 5) is 18.8. The van der Waals surface area contributed by atoms with Crippen molar-refractivity contribution in [3.8, 4) is 17.2 Å². The van der Waals surface area contributed by atoms with Crippen LogP contribution in [0.3, 0.4) is 0 Å². The van der Waals surface area contributed by atoms with E-state index < -0.39 is 0 Å². The van der Waals surface area contributed by atoms with Crippen molar-refractivity contribution in [3.05, 3.63) is 17.7 Å². The first-order chi connectivity index (χ1) is 14.2. The first-order valence-corrected chi connectivity index (χ1v) is 10.5. The van der Waals surface area contributed by atoms with E-state index in [-0.39, 0.29) is 12.9 Å². The van der Waals surface area contributed by atoms with Crippen LogP contribution in [0.5, 0.6) is 17.2 Å². The smallest absolute Gasteiger partial charge is 0.409 e. The predicted octanol–water partition coefficient (Wildman–Crippen LogP) is 2.16. The molecular formula is C21H31N3O5. The highest BCUT2D eigenvalue weighted by atomic mass is 16.7. The van der Waals surface area contributed by atoms with Gasteiger partial charge in [-0.3, -0.25) is 9.80 Å². The van der Waals surface area contributed by atoms with Crippen LogP contribution in [0.1, 0.15) is 25.3 Å². The third kappa shape index (κ3) is 4.53. The standard InChI is InChI=1S/C21H31N3O5/c1-3-27-21(25)24-9-7-23(8-10-24)17-5-4-6-22(14-17)13-16-11-18(26-2)20-19(12-16)28-15-29-20/h11-12,17H,3-10,13-15H2,1-2H3/t17-/m1/s1. The van der Waals surface area contributed by atoms with E-state index in [1.54, 1.807) is 7.11 Å². The molecule has 4 rings (SSSR count). The van der Waals surface area contributed by atoms with Crippen LogP contribution in [0.2, 0.25) is 0 Å². The van der Waals surface area contributed by atoms with Gasteiger partial charge in [0.1, 0.15) is 0 Å². The van der Waals surface area contributed by atoms with Crippen LogP contribution < -0.4 is 14.2 Å². The molecule has 29 heavy (non-hydrogen) atoms. The van der Waals surface area contributed by atoms with Gasteiger partial charge in [0, 0.05) is 45.3 Å². The van der Waals surface area contributed by atoms with Crippen molar-refractivity contribution in [3.63, 3.8) is 0 Å². The lowest BCUT2D eigenvalue weighted by Crippen LogP contribution is -2.55. The van der Waals surface area contributed by atoms with Crippen LogP contribution >= 0.6 is 0 Å². The quantitative estimate of drug-likeness (QED) is 0.744. The summed E-state index contributed by atoms with van der Waals surface area (Å²) in [5, 5.41) is 0. The first-order valence-electron chi connectivity index (χ1n) is 10.5. The monoisotopic (exact) mass is 405 g/mol. The number of carbonyl (C=O) groups excluding carboxylic acids is 1. The molecule has 0 unspecified atom stereocenters. The lowest BCUT2D eigenvalue weighted by molar-refractivity contribution is 0.0412. The summed E-state index contributed by atoms with van der Waals surface area (Å²) in [6.07, 6.45) is 2.21. The predicted molar refractivity (Wildman–Crippen MR) is 108 cm³/mol. The molecule has 0 saturated carbocycles. The Labute approximate surface area is 172 Å². The zero-order chi connectivity index (χ0) is 20.2. The Morgan fingerprint density at radius 3 is 2.76 bits per heavy atom. The van der Waals surface area contributed by atoms with Gasteiger partial charge < -0.3 is 23.8 Å². The number of piperidine rings is 1. The number of carbonyl (C=O) groups is 1. The Bertz CT molecular complexity index is 721. The third-order valence-electron chi connectivity index (χ3n) is 5.96. The molecule has 0 aliphatic carbocycles. The van der Waals surface area contributed by atoms with Crippen LogP contribution in [-0.4, -0.2) is 86.6 Å². The van der Waals surface area contributed by atoms with Gasteiger partial charge in [-0.15, -0.1) is 0 Å². The van der Waals surface area contributed by atoms with Crippen molar-refractivity contribution in [2.24, 2.45) is 0 Å². The first kappa shape index (κ1) is 20.1. The Morgan fingerprint density at radius 2 is 2.00 bits per heavy atom. The van der Waals surface area contributed by atoms with E-state index in [9.17, 15) is 4.79 Å². The molecule has 0 spiro atoms. The highest BCUT2D eigenvalue weighted by Gasteiger charge is 2.30. The molecule has 0 bridgehead atoms. The van der Waals surface area contributed by atoms with Gasteiger partial charge in [0.15, 0.2) is 11.5 Å². The maximum absolute atomic E-state index is 11.9. The molecular weight excluding hydrogens is 374 g/mol. The Morgan fingerprint density at radius 1 is 1.17 bits per heavy atom. The average Bonchev–Trinajstić information content (AvgIpc) is 3.22. The molecule has 3 heterocycles. The lowest BCUT2D eigenvalue weighted by Gasteiger charge is -2.43. The molecule has 0 radical (unpaired) electrons. The normalized spacial score (nSPS) is 22.6. The molecule has 1 aromatic rings. The van der Waals surface area contributed by atoms with Crippen LogP contribution in [0.4, 0.5) is 4.79 Å². The Hall–Kier alpha value is -2.19. The molecule has 3 aliphatic rings. The lowest BCUT2D eigenvalue weighted by atomic mass is 10.0. The minimum Gasteiger partial charge on any atom is -0.493 e. The highest BCUT2D eigenvalue weighted by Crippen LogP contribution is 2.42. The molecule has 3 aliphatic heterocycles. The van der Waals surface area contributed by atoms with Gasteiger partial charge in [0.05, 0.1) is 13.7 Å². The maximum atomic E-state index is 11.9. The topological polar surface area (TPSA) is 63.7 Å². The molecule has 8 nitrogen and oxygen atoms in total. The second kappa shape index (κ2) is 9.09. The SMILES string of the molecule is CCOC(=O)N1CCN([C@@H]2CCCN(Cc3cc(OC)c4c(c3)OCO4)C2)CC1. The molecule has 0 aromatic heterocycles. The summed E-state index contributed by atoms with van der Waals surface area (Å²) in [5.74, 6) is 2.20. The Kier molecular flexibility index (Phi) is 6.30. The van der Waals surface area contributed by atoms with Crippen molar-refractivity contribution in [2.45, 2.75) is 32.4 Å². The Balaban J connectivity index is 1.33. The van der Waals surface area contributed by atoms with Crippen LogP contribution in [-0.2, 0) is 11.3 Å². The number of benzene rings is 1. The van der Waals surface area contributed by atoms with Crippen molar-refractivity contribution in [2.75, 3.05) is 59.8 Å². The summed E-state index contributed by atoms with van der Waals surface area (Å²) in [6, 6.07) is 4.64. The number of likely N-dealkylation sites (tertiary alicyclic amines) is 1.